The van der Waals surface area contributed by atoms with Crippen LogP contribution in [0.1, 0.15) is 19.5 Å². The molecule has 1 N–H and O–H groups in total. The summed E-state index contributed by atoms with van der Waals surface area (Å²) in [7, 11) is 1.61. The normalized spacial score (nSPS) is 10.6. The van der Waals surface area contributed by atoms with Gasteiger partial charge in [-0.2, -0.15) is 0 Å². The minimum Gasteiger partial charge on any atom is -0.480 e. The fourth-order valence-corrected chi connectivity index (χ4v) is 1.13. The third kappa shape index (κ3) is 3.30. The summed E-state index contributed by atoms with van der Waals surface area (Å²) >= 11 is 0. The Bertz CT molecular complexity index is 276. The van der Waals surface area contributed by atoms with Crippen LogP contribution in [-0.2, 0) is 6.54 Å². The van der Waals surface area contributed by atoms with Crippen LogP contribution in [0.25, 0.3) is 0 Å². The molecule has 0 atom stereocenters. The minimum atomic E-state index is 0.601. The molecule has 1 rings (SSSR count). The van der Waals surface area contributed by atoms with Gasteiger partial charge >= 0.3 is 0 Å². The molecule has 0 bridgehead atoms. The third-order valence-corrected chi connectivity index (χ3v) is 1.77. The molecular formula is C10H17N3O. The molecule has 4 nitrogen and oxygen atoms in total. The first-order valence-electron chi connectivity index (χ1n) is 4.78. The second kappa shape index (κ2) is 5.54. The van der Waals surface area contributed by atoms with E-state index in [1.54, 1.807) is 19.5 Å². The summed E-state index contributed by atoms with van der Waals surface area (Å²) in [4.78, 5) is 8.27. The molecule has 0 amide bonds. The first kappa shape index (κ1) is 10.9. The van der Waals surface area contributed by atoms with E-state index in [2.05, 4.69) is 29.1 Å². The summed E-state index contributed by atoms with van der Waals surface area (Å²) < 4.78 is 5.09. The van der Waals surface area contributed by atoms with Crippen LogP contribution in [0, 0.1) is 5.92 Å². The lowest BCUT2D eigenvalue weighted by molar-refractivity contribution is 0.386. The quantitative estimate of drug-likeness (QED) is 0.767. The van der Waals surface area contributed by atoms with Crippen LogP contribution < -0.4 is 10.1 Å². The van der Waals surface area contributed by atoms with Gasteiger partial charge in [0, 0.05) is 18.9 Å². The summed E-state index contributed by atoms with van der Waals surface area (Å²) in [5, 5.41) is 3.29. The SMILES string of the molecule is COc1nccnc1CNCC(C)C. The molecule has 0 saturated heterocycles. The molecule has 1 aromatic heterocycles. The summed E-state index contributed by atoms with van der Waals surface area (Å²) in [5.41, 5.74) is 0.857. The highest BCUT2D eigenvalue weighted by Gasteiger charge is 2.04. The number of hydrogen-bond donors (Lipinski definition) is 1. The standard InChI is InChI=1S/C10H17N3O/c1-8(2)6-11-7-9-10(14-3)13-5-4-12-9/h4-5,8,11H,6-7H2,1-3H3. The highest BCUT2D eigenvalue weighted by Crippen LogP contribution is 2.09. The van der Waals surface area contributed by atoms with Crippen molar-refractivity contribution < 1.29 is 4.74 Å². The number of rotatable bonds is 5. The van der Waals surface area contributed by atoms with E-state index < -0.39 is 0 Å². The lowest BCUT2D eigenvalue weighted by Crippen LogP contribution is -2.20. The van der Waals surface area contributed by atoms with Crippen molar-refractivity contribution in [2.24, 2.45) is 5.92 Å². The Balaban J connectivity index is 2.49. The molecule has 4 heteroatoms. The van der Waals surface area contributed by atoms with Crippen LogP contribution in [0.5, 0.6) is 5.88 Å². The highest BCUT2D eigenvalue weighted by molar-refractivity contribution is 5.16. The molecule has 0 aliphatic carbocycles. The maximum absolute atomic E-state index is 5.09. The largest absolute Gasteiger partial charge is 0.480 e. The van der Waals surface area contributed by atoms with E-state index in [9.17, 15) is 0 Å². The number of methoxy groups -OCH3 is 1. The third-order valence-electron chi connectivity index (χ3n) is 1.77. The molecule has 1 heterocycles. The zero-order valence-corrected chi connectivity index (χ0v) is 8.95. The second-order valence-electron chi connectivity index (χ2n) is 3.54. The Morgan fingerprint density at radius 2 is 2.07 bits per heavy atom. The lowest BCUT2D eigenvalue weighted by atomic mass is 10.2. The summed E-state index contributed by atoms with van der Waals surface area (Å²) in [6, 6.07) is 0. The maximum Gasteiger partial charge on any atom is 0.236 e. The molecular weight excluding hydrogens is 178 g/mol. The number of nitrogens with one attached hydrogen (secondary N) is 1. The first-order chi connectivity index (χ1) is 6.74. The van der Waals surface area contributed by atoms with Crippen molar-refractivity contribution in [2.75, 3.05) is 13.7 Å². The number of hydrogen-bond acceptors (Lipinski definition) is 4. The van der Waals surface area contributed by atoms with Gasteiger partial charge in [0.25, 0.3) is 0 Å². The molecule has 0 aliphatic heterocycles. The summed E-state index contributed by atoms with van der Waals surface area (Å²) in [6.45, 7) is 6.01. The van der Waals surface area contributed by atoms with Gasteiger partial charge in [-0.3, -0.25) is 4.98 Å². The predicted molar refractivity (Wildman–Crippen MR) is 55.1 cm³/mol. The van der Waals surface area contributed by atoms with Crippen molar-refractivity contribution in [3.63, 3.8) is 0 Å². The van der Waals surface area contributed by atoms with Crippen molar-refractivity contribution in [1.29, 1.82) is 0 Å². The number of nitrogens with zero attached hydrogens (tertiary/aromatic N) is 2. The molecule has 0 spiro atoms. The summed E-state index contributed by atoms with van der Waals surface area (Å²) in [6.07, 6.45) is 3.31. The fraction of sp³-hybridized carbons (Fsp3) is 0.600. The van der Waals surface area contributed by atoms with E-state index in [1.165, 1.54) is 0 Å². The van der Waals surface area contributed by atoms with Gasteiger partial charge in [0.15, 0.2) is 0 Å². The van der Waals surface area contributed by atoms with Crippen molar-refractivity contribution in [3.8, 4) is 5.88 Å². The van der Waals surface area contributed by atoms with Crippen LogP contribution in [0.2, 0.25) is 0 Å². The van der Waals surface area contributed by atoms with Crippen molar-refractivity contribution in [2.45, 2.75) is 20.4 Å². The molecule has 0 unspecified atom stereocenters. The van der Waals surface area contributed by atoms with Crippen LogP contribution in [0.4, 0.5) is 0 Å². The van der Waals surface area contributed by atoms with Gasteiger partial charge in [-0.25, -0.2) is 4.98 Å². The maximum atomic E-state index is 5.09. The molecule has 1 aromatic rings. The molecule has 78 valence electrons. The Hall–Kier alpha value is -1.16. The van der Waals surface area contributed by atoms with Gasteiger partial charge in [-0.1, -0.05) is 13.8 Å². The topological polar surface area (TPSA) is 47.0 Å². The van der Waals surface area contributed by atoms with Crippen LogP contribution in [0.15, 0.2) is 12.4 Å². The number of aromatic nitrogens is 2. The smallest absolute Gasteiger partial charge is 0.236 e. The van der Waals surface area contributed by atoms with E-state index in [-0.39, 0.29) is 0 Å². The van der Waals surface area contributed by atoms with Gasteiger partial charge in [0.2, 0.25) is 5.88 Å². The molecule has 0 saturated carbocycles. The average Bonchev–Trinajstić information content (AvgIpc) is 2.18. The van der Waals surface area contributed by atoms with Gasteiger partial charge in [0.1, 0.15) is 5.69 Å². The monoisotopic (exact) mass is 195 g/mol. The molecule has 14 heavy (non-hydrogen) atoms. The van der Waals surface area contributed by atoms with Gasteiger partial charge in [-0.15, -0.1) is 0 Å². The van der Waals surface area contributed by atoms with Gasteiger partial charge in [0.05, 0.1) is 7.11 Å². The minimum absolute atomic E-state index is 0.601. The van der Waals surface area contributed by atoms with E-state index in [0.717, 1.165) is 12.2 Å². The number of ether oxygens (including phenoxy) is 1. The zero-order valence-electron chi connectivity index (χ0n) is 8.95. The van der Waals surface area contributed by atoms with E-state index in [0.29, 0.717) is 18.3 Å². The first-order valence-corrected chi connectivity index (χ1v) is 4.78. The fourth-order valence-electron chi connectivity index (χ4n) is 1.13. The lowest BCUT2D eigenvalue weighted by Gasteiger charge is -2.08. The molecule has 0 aliphatic rings. The Morgan fingerprint density at radius 3 is 2.71 bits per heavy atom. The van der Waals surface area contributed by atoms with Gasteiger partial charge < -0.3 is 10.1 Å². The Labute approximate surface area is 84.7 Å². The van der Waals surface area contributed by atoms with Crippen LogP contribution in [0.3, 0.4) is 0 Å². The van der Waals surface area contributed by atoms with Crippen molar-refractivity contribution in [3.05, 3.63) is 18.1 Å². The Morgan fingerprint density at radius 1 is 1.36 bits per heavy atom. The van der Waals surface area contributed by atoms with Crippen molar-refractivity contribution >= 4 is 0 Å². The summed E-state index contributed by atoms with van der Waals surface area (Å²) in [5.74, 6) is 1.24. The van der Waals surface area contributed by atoms with Crippen LogP contribution >= 0.6 is 0 Å². The van der Waals surface area contributed by atoms with E-state index in [4.69, 9.17) is 4.74 Å². The predicted octanol–water partition coefficient (Wildman–Crippen LogP) is 1.23. The van der Waals surface area contributed by atoms with Gasteiger partial charge in [-0.05, 0) is 12.5 Å². The molecule has 0 radical (unpaired) electrons. The molecule has 0 fully saturated rings. The average molecular weight is 195 g/mol. The Kier molecular flexibility index (Phi) is 4.32. The van der Waals surface area contributed by atoms with E-state index >= 15 is 0 Å². The molecule has 0 aromatic carbocycles. The highest BCUT2D eigenvalue weighted by atomic mass is 16.5. The zero-order chi connectivity index (χ0) is 10.4. The van der Waals surface area contributed by atoms with Crippen LogP contribution in [-0.4, -0.2) is 23.6 Å². The second-order valence-corrected chi connectivity index (χ2v) is 3.54. The van der Waals surface area contributed by atoms with Crippen molar-refractivity contribution in [1.82, 2.24) is 15.3 Å². The van der Waals surface area contributed by atoms with E-state index in [1.807, 2.05) is 0 Å².